The van der Waals surface area contributed by atoms with E-state index in [0.717, 1.165) is 0 Å². The number of aromatic nitrogens is 1. The predicted octanol–water partition coefficient (Wildman–Crippen LogP) is 1.07. The first-order valence-electron chi connectivity index (χ1n) is 2.93. The van der Waals surface area contributed by atoms with Crippen LogP contribution in [0.3, 0.4) is 0 Å². The molecule has 0 aliphatic carbocycles. The molecule has 1 aromatic rings. The number of nitrogens with two attached hydrogens (primary N) is 2. The van der Waals surface area contributed by atoms with Gasteiger partial charge in [0.25, 0.3) is 5.91 Å². The molecular weight excluding hydrogens is 201 g/mol. The summed E-state index contributed by atoms with van der Waals surface area (Å²) in [6.45, 7) is 0. The van der Waals surface area contributed by atoms with Crippen molar-refractivity contribution in [2.24, 2.45) is 5.73 Å². The summed E-state index contributed by atoms with van der Waals surface area (Å²) in [5.41, 5.74) is 10.4. The van der Waals surface area contributed by atoms with Crippen molar-refractivity contribution in [3.05, 3.63) is 21.9 Å². The van der Waals surface area contributed by atoms with Gasteiger partial charge in [0.05, 0.1) is 15.7 Å². The minimum atomic E-state index is -0.733. The molecule has 4 nitrogen and oxygen atoms in total. The van der Waals surface area contributed by atoms with Crippen LogP contribution in [0.25, 0.3) is 0 Å². The Morgan fingerprint density at radius 2 is 2.08 bits per heavy atom. The molecule has 0 radical (unpaired) electrons. The lowest BCUT2D eigenvalue weighted by atomic mass is 10.3. The summed E-state index contributed by atoms with van der Waals surface area (Å²) in [6.07, 6.45) is 1.23. The van der Waals surface area contributed by atoms with Gasteiger partial charge in [0, 0.05) is 6.20 Å². The minimum Gasteiger partial charge on any atom is -0.396 e. The third kappa shape index (κ3) is 1.44. The second kappa shape index (κ2) is 3.16. The zero-order chi connectivity index (χ0) is 9.30. The van der Waals surface area contributed by atoms with Crippen LogP contribution in [0.4, 0.5) is 5.69 Å². The van der Waals surface area contributed by atoms with E-state index in [2.05, 4.69) is 4.98 Å². The number of amides is 1. The van der Waals surface area contributed by atoms with Crippen molar-refractivity contribution in [3.8, 4) is 0 Å². The van der Waals surface area contributed by atoms with Crippen LogP contribution in [0, 0.1) is 0 Å². The number of carbonyl (C=O) groups is 1. The highest BCUT2D eigenvalue weighted by Crippen LogP contribution is 2.28. The van der Waals surface area contributed by atoms with E-state index in [4.69, 9.17) is 34.7 Å². The molecule has 1 rings (SSSR count). The summed E-state index contributed by atoms with van der Waals surface area (Å²) in [5.74, 6) is -0.733. The Labute approximate surface area is 78.5 Å². The molecule has 12 heavy (non-hydrogen) atoms. The summed E-state index contributed by atoms with van der Waals surface area (Å²) < 4.78 is 0. The molecule has 1 amide bonds. The summed E-state index contributed by atoms with van der Waals surface area (Å²) in [5, 5.41) is 0.194. The van der Waals surface area contributed by atoms with E-state index in [1.54, 1.807) is 0 Å². The van der Waals surface area contributed by atoms with E-state index in [1.807, 2.05) is 0 Å². The van der Waals surface area contributed by atoms with Gasteiger partial charge in [-0.15, -0.1) is 0 Å². The fourth-order valence-electron chi connectivity index (χ4n) is 0.652. The van der Waals surface area contributed by atoms with E-state index in [9.17, 15) is 4.79 Å². The first-order valence-corrected chi connectivity index (χ1v) is 3.69. The van der Waals surface area contributed by atoms with E-state index in [-0.39, 0.29) is 21.4 Å². The molecule has 0 aliphatic rings. The molecule has 1 aromatic heterocycles. The number of anilines is 1. The highest BCUT2D eigenvalue weighted by molar-refractivity contribution is 6.40. The first-order chi connectivity index (χ1) is 5.54. The summed E-state index contributed by atoms with van der Waals surface area (Å²) >= 11 is 11.2. The number of carbonyl (C=O) groups excluding carboxylic acids is 1. The van der Waals surface area contributed by atoms with Crippen LogP contribution in [-0.4, -0.2) is 10.9 Å². The average molecular weight is 206 g/mol. The summed E-state index contributed by atoms with van der Waals surface area (Å²) in [6, 6.07) is 0. The van der Waals surface area contributed by atoms with Crippen LogP contribution in [-0.2, 0) is 0 Å². The van der Waals surface area contributed by atoms with Gasteiger partial charge in [0.15, 0.2) is 0 Å². The van der Waals surface area contributed by atoms with Gasteiger partial charge in [-0.2, -0.15) is 0 Å². The molecule has 4 N–H and O–H groups in total. The standard InChI is InChI=1S/C6H5Cl2N3O/c7-2-1-11-5(6(10)12)3(8)4(2)9/h1H,(H2,9,11)(H2,10,12). The van der Waals surface area contributed by atoms with E-state index < -0.39 is 5.91 Å². The van der Waals surface area contributed by atoms with Gasteiger partial charge in [-0.3, -0.25) is 4.79 Å². The lowest BCUT2D eigenvalue weighted by Crippen LogP contribution is -2.14. The lowest BCUT2D eigenvalue weighted by molar-refractivity contribution is 0.0996. The molecular formula is C6H5Cl2N3O. The number of nitrogen functional groups attached to an aromatic ring is 1. The Morgan fingerprint density at radius 1 is 1.50 bits per heavy atom. The Morgan fingerprint density at radius 3 is 2.58 bits per heavy atom. The van der Waals surface area contributed by atoms with Crippen molar-refractivity contribution in [2.45, 2.75) is 0 Å². The van der Waals surface area contributed by atoms with Crippen LogP contribution in [0.1, 0.15) is 10.5 Å². The van der Waals surface area contributed by atoms with Crippen molar-refractivity contribution in [3.63, 3.8) is 0 Å². The van der Waals surface area contributed by atoms with Gasteiger partial charge in [-0.1, -0.05) is 23.2 Å². The lowest BCUT2D eigenvalue weighted by Gasteiger charge is -2.02. The van der Waals surface area contributed by atoms with Crippen molar-refractivity contribution < 1.29 is 4.79 Å². The monoisotopic (exact) mass is 205 g/mol. The highest BCUT2D eigenvalue weighted by atomic mass is 35.5. The predicted molar refractivity (Wildman–Crippen MR) is 47.2 cm³/mol. The van der Waals surface area contributed by atoms with Crippen molar-refractivity contribution in [1.82, 2.24) is 4.98 Å². The maximum atomic E-state index is 10.7. The zero-order valence-electron chi connectivity index (χ0n) is 5.84. The Hall–Kier alpha value is -1.00. The molecule has 0 aliphatic heterocycles. The fraction of sp³-hybridized carbons (Fsp3) is 0. The number of nitrogens with zero attached hydrogens (tertiary/aromatic N) is 1. The van der Waals surface area contributed by atoms with Gasteiger partial charge < -0.3 is 11.5 Å². The van der Waals surface area contributed by atoms with Gasteiger partial charge in [0.1, 0.15) is 5.69 Å². The van der Waals surface area contributed by atoms with Crippen LogP contribution < -0.4 is 11.5 Å². The van der Waals surface area contributed by atoms with Crippen molar-refractivity contribution >= 4 is 34.8 Å². The molecule has 0 bridgehead atoms. The van der Waals surface area contributed by atoms with Crippen LogP contribution >= 0.6 is 23.2 Å². The Bertz CT molecular complexity index is 340. The van der Waals surface area contributed by atoms with Gasteiger partial charge in [-0.25, -0.2) is 4.98 Å². The second-order valence-electron chi connectivity index (χ2n) is 2.05. The summed E-state index contributed by atoms with van der Waals surface area (Å²) in [4.78, 5) is 14.3. The number of hydrogen-bond acceptors (Lipinski definition) is 3. The van der Waals surface area contributed by atoms with E-state index >= 15 is 0 Å². The van der Waals surface area contributed by atoms with Crippen LogP contribution in [0.5, 0.6) is 0 Å². The molecule has 0 saturated heterocycles. The number of primary amides is 1. The topological polar surface area (TPSA) is 82.0 Å². The quantitative estimate of drug-likeness (QED) is 0.720. The molecule has 0 fully saturated rings. The molecule has 0 saturated carbocycles. The Balaban J connectivity index is 3.36. The smallest absolute Gasteiger partial charge is 0.268 e. The minimum absolute atomic E-state index is 0.00463. The van der Waals surface area contributed by atoms with Gasteiger partial charge >= 0.3 is 0 Å². The molecule has 0 spiro atoms. The largest absolute Gasteiger partial charge is 0.396 e. The van der Waals surface area contributed by atoms with E-state index in [0.29, 0.717) is 0 Å². The molecule has 0 unspecified atom stereocenters. The van der Waals surface area contributed by atoms with Gasteiger partial charge in [0.2, 0.25) is 0 Å². The first kappa shape index (κ1) is 9.09. The average Bonchev–Trinajstić information content (AvgIpc) is 2.00. The molecule has 64 valence electrons. The maximum absolute atomic E-state index is 10.7. The second-order valence-corrected chi connectivity index (χ2v) is 2.83. The van der Waals surface area contributed by atoms with Crippen molar-refractivity contribution in [1.29, 1.82) is 0 Å². The van der Waals surface area contributed by atoms with Gasteiger partial charge in [-0.05, 0) is 0 Å². The number of hydrogen-bond donors (Lipinski definition) is 2. The third-order valence-corrected chi connectivity index (χ3v) is 1.93. The van der Waals surface area contributed by atoms with Crippen LogP contribution in [0.2, 0.25) is 10.0 Å². The number of pyridine rings is 1. The van der Waals surface area contributed by atoms with Crippen LogP contribution in [0.15, 0.2) is 6.20 Å². The normalized spacial score (nSPS) is 9.83. The summed E-state index contributed by atoms with van der Waals surface area (Å²) in [7, 11) is 0. The number of rotatable bonds is 1. The third-order valence-electron chi connectivity index (χ3n) is 1.24. The molecule has 6 heteroatoms. The van der Waals surface area contributed by atoms with E-state index in [1.165, 1.54) is 6.20 Å². The fourth-order valence-corrected chi connectivity index (χ4v) is 1.09. The molecule has 1 heterocycles. The molecule has 0 aromatic carbocycles. The maximum Gasteiger partial charge on any atom is 0.268 e. The van der Waals surface area contributed by atoms with Crippen molar-refractivity contribution in [2.75, 3.05) is 5.73 Å². The highest BCUT2D eigenvalue weighted by Gasteiger charge is 2.12. The zero-order valence-corrected chi connectivity index (χ0v) is 7.36. The Kier molecular flexibility index (Phi) is 2.40. The number of halogens is 2. The molecule has 0 atom stereocenters. The SMILES string of the molecule is NC(=O)c1ncc(Cl)c(N)c1Cl.